The summed E-state index contributed by atoms with van der Waals surface area (Å²) in [6, 6.07) is 18.7. The molecule has 4 nitrogen and oxygen atoms in total. The Hall–Kier alpha value is -2.33. The Morgan fingerprint density at radius 3 is 2.50 bits per heavy atom. The van der Waals surface area contributed by atoms with Crippen LogP contribution in [0.2, 0.25) is 0 Å². The van der Waals surface area contributed by atoms with Gasteiger partial charge in [-0.1, -0.05) is 54.6 Å². The van der Waals surface area contributed by atoms with E-state index in [4.69, 9.17) is 4.74 Å². The maximum Gasteiger partial charge on any atom is 0.318 e. The average molecular weight is 324 g/mol. The summed E-state index contributed by atoms with van der Waals surface area (Å²) in [5.41, 5.74) is 3.38. The normalized spacial score (nSPS) is 13.5. The molecular weight excluding hydrogens is 300 g/mol. The van der Waals surface area contributed by atoms with E-state index < -0.39 is 0 Å². The van der Waals surface area contributed by atoms with Gasteiger partial charge < -0.3 is 15.0 Å². The molecule has 0 spiro atoms. The summed E-state index contributed by atoms with van der Waals surface area (Å²) in [4.78, 5) is 14.6. The quantitative estimate of drug-likeness (QED) is 0.843. The van der Waals surface area contributed by atoms with Gasteiger partial charge in [0.25, 0.3) is 0 Å². The van der Waals surface area contributed by atoms with E-state index in [2.05, 4.69) is 23.5 Å². The van der Waals surface area contributed by atoms with E-state index in [0.29, 0.717) is 25.7 Å². The van der Waals surface area contributed by atoms with E-state index in [9.17, 15) is 4.79 Å². The Morgan fingerprint density at radius 2 is 1.79 bits per heavy atom. The third-order valence-electron chi connectivity index (χ3n) is 4.19. The highest BCUT2D eigenvalue weighted by Gasteiger charge is 2.32. The average Bonchev–Trinajstić information content (AvgIpc) is 3.44. The van der Waals surface area contributed by atoms with Crippen molar-refractivity contribution in [3.63, 3.8) is 0 Å². The highest BCUT2D eigenvalue weighted by molar-refractivity contribution is 5.75. The molecule has 2 aromatic rings. The molecule has 0 saturated heterocycles. The predicted molar refractivity (Wildman–Crippen MR) is 94.4 cm³/mol. The summed E-state index contributed by atoms with van der Waals surface area (Å²) < 4.78 is 5.16. The zero-order chi connectivity index (χ0) is 16.8. The molecule has 2 amide bonds. The number of nitrogens with one attached hydrogen (secondary N) is 1. The van der Waals surface area contributed by atoms with Crippen LogP contribution in [0.25, 0.3) is 0 Å². The van der Waals surface area contributed by atoms with Crippen LogP contribution in [0.3, 0.4) is 0 Å². The Balaban J connectivity index is 1.59. The van der Waals surface area contributed by atoms with E-state index in [1.807, 2.05) is 41.3 Å². The van der Waals surface area contributed by atoms with Gasteiger partial charge in [-0.05, 0) is 29.5 Å². The fourth-order valence-electron chi connectivity index (χ4n) is 2.81. The first kappa shape index (κ1) is 16.5. The van der Waals surface area contributed by atoms with Gasteiger partial charge in [-0.2, -0.15) is 0 Å². The summed E-state index contributed by atoms with van der Waals surface area (Å²) in [6.45, 7) is 1.79. The first-order valence-corrected chi connectivity index (χ1v) is 8.41. The van der Waals surface area contributed by atoms with Crippen LogP contribution in [0.15, 0.2) is 54.6 Å². The minimum absolute atomic E-state index is 0.0125. The van der Waals surface area contributed by atoms with Gasteiger partial charge in [-0.3, -0.25) is 0 Å². The molecule has 126 valence electrons. The van der Waals surface area contributed by atoms with Gasteiger partial charge >= 0.3 is 6.03 Å². The fourth-order valence-corrected chi connectivity index (χ4v) is 2.81. The highest BCUT2D eigenvalue weighted by Crippen LogP contribution is 2.28. The molecule has 24 heavy (non-hydrogen) atoms. The van der Waals surface area contributed by atoms with Gasteiger partial charge in [0.2, 0.25) is 0 Å². The van der Waals surface area contributed by atoms with Gasteiger partial charge in [-0.15, -0.1) is 0 Å². The van der Waals surface area contributed by atoms with Crippen LogP contribution in [-0.4, -0.2) is 24.1 Å². The summed E-state index contributed by atoms with van der Waals surface area (Å²) >= 11 is 0. The molecule has 0 atom stereocenters. The number of carbonyl (C=O) groups is 1. The van der Waals surface area contributed by atoms with Crippen molar-refractivity contribution < 1.29 is 9.53 Å². The van der Waals surface area contributed by atoms with E-state index in [1.54, 1.807) is 7.11 Å². The van der Waals surface area contributed by atoms with Crippen LogP contribution in [0.4, 0.5) is 4.79 Å². The van der Waals surface area contributed by atoms with E-state index in [1.165, 1.54) is 5.56 Å². The molecule has 0 heterocycles. The standard InChI is InChI=1S/C20H24N2O2/c1-24-15-18-9-5-8-17(12-18)13-21-20(23)22(19-10-11-19)14-16-6-3-2-4-7-16/h2-9,12,19H,10-11,13-15H2,1H3,(H,21,23). The molecule has 1 saturated carbocycles. The molecule has 1 aliphatic rings. The number of urea groups is 1. The van der Waals surface area contributed by atoms with Crippen molar-refractivity contribution in [3.05, 3.63) is 71.3 Å². The minimum atomic E-state index is 0.0125. The lowest BCUT2D eigenvalue weighted by molar-refractivity contribution is 0.184. The largest absolute Gasteiger partial charge is 0.380 e. The number of hydrogen-bond acceptors (Lipinski definition) is 2. The van der Waals surface area contributed by atoms with Crippen LogP contribution in [-0.2, 0) is 24.4 Å². The van der Waals surface area contributed by atoms with Crippen LogP contribution < -0.4 is 5.32 Å². The monoisotopic (exact) mass is 324 g/mol. The second-order valence-electron chi connectivity index (χ2n) is 6.26. The van der Waals surface area contributed by atoms with Crippen LogP contribution in [0.1, 0.15) is 29.5 Å². The summed E-state index contributed by atoms with van der Waals surface area (Å²) in [5.74, 6) is 0. The molecule has 0 aliphatic heterocycles. The van der Waals surface area contributed by atoms with Gasteiger partial charge in [0.1, 0.15) is 0 Å². The number of carbonyl (C=O) groups excluding carboxylic acids is 1. The van der Waals surface area contributed by atoms with E-state index in [0.717, 1.165) is 24.0 Å². The van der Waals surface area contributed by atoms with Crippen molar-refractivity contribution in [3.8, 4) is 0 Å². The van der Waals surface area contributed by atoms with Crippen LogP contribution in [0.5, 0.6) is 0 Å². The van der Waals surface area contributed by atoms with Crippen LogP contribution >= 0.6 is 0 Å². The van der Waals surface area contributed by atoms with Gasteiger partial charge in [0.15, 0.2) is 0 Å². The van der Waals surface area contributed by atoms with Crippen molar-refractivity contribution in [2.45, 2.75) is 38.6 Å². The number of nitrogens with zero attached hydrogens (tertiary/aromatic N) is 1. The second kappa shape index (κ2) is 7.97. The molecular formula is C20H24N2O2. The van der Waals surface area contributed by atoms with E-state index in [-0.39, 0.29) is 6.03 Å². The van der Waals surface area contributed by atoms with Crippen LogP contribution in [0, 0.1) is 0 Å². The first-order chi connectivity index (χ1) is 11.8. The summed E-state index contributed by atoms with van der Waals surface area (Å²) in [5, 5.41) is 3.06. The van der Waals surface area contributed by atoms with Crippen molar-refractivity contribution in [1.82, 2.24) is 10.2 Å². The molecule has 1 aliphatic carbocycles. The SMILES string of the molecule is COCc1cccc(CNC(=O)N(Cc2ccccc2)C2CC2)c1. The molecule has 1 N–H and O–H groups in total. The molecule has 4 heteroatoms. The fraction of sp³-hybridized carbons (Fsp3) is 0.350. The summed E-state index contributed by atoms with van der Waals surface area (Å²) in [6.07, 6.45) is 2.20. The molecule has 2 aromatic carbocycles. The van der Waals surface area contributed by atoms with Crippen molar-refractivity contribution in [2.75, 3.05) is 7.11 Å². The number of rotatable bonds is 7. The molecule has 3 rings (SSSR count). The van der Waals surface area contributed by atoms with Crippen molar-refractivity contribution in [1.29, 1.82) is 0 Å². The van der Waals surface area contributed by atoms with Crippen molar-refractivity contribution in [2.24, 2.45) is 0 Å². The number of hydrogen-bond donors (Lipinski definition) is 1. The lowest BCUT2D eigenvalue weighted by atomic mass is 10.1. The topological polar surface area (TPSA) is 41.6 Å². The Bertz CT molecular complexity index is 668. The van der Waals surface area contributed by atoms with Gasteiger partial charge in [0, 0.05) is 26.2 Å². The Labute approximate surface area is 143 Å². The maximum absolute atomic E-state index is 12.6. The number of benzene rings is 2. The van der Waals surface area contributed by atoms with Gasteiger partial charge in [-0.25, -0.2) is 4.79 Å². The van der Waals surface area contributed by atoms with Gasteiger partial charge in [0.05, 0.1) is 6.61 Å². The zero-order valence-corrected chi connectivity index (χ0v) is 14.1. The zero-order valence-electron chi connectivity index (χ0n) is 14.1. The second-order valence-corrected chi connectivity index (χ2v) is 6.26. The smallest absolute Gasteiger partial charge is 0.318 e. The molecule has 0 aromatic heterocycles. The predicted octanol–water partition coefficient (Wildman–Crippen LogP) is 3.71. The number of methoxy groups -OCH3 is 1. The minimum Gasteiger partial charge on any atom is -0.380 e. The molecule has 0 unspecified atom stereocenters. The Kier molecular flexibility index (Phi) is 5.49. The van der Waals surface area contributed by atoms with E-state index >= 15 is 0 Å². The summed E-state index contributed by atoms with van der Waals surface area (Å²) in [7, 11) is 1.69. The maximum atomic E-state index is 12.6. The first-order valence-electron chi connectivity index (χ1n) is 8.41. The third kappa shape index (κ3) is 4.59. The lowest BCUT2D eigenvalue weighted by Crippen LogP contribution is -2.40. The van der Waals surface area contributed by atoms with Crippen molar-refractivity contribution >= 4 is 6.03 Å². The number of amides is 2. The molecule has 0 radical (unpaired) electrons. The molecule has 0 bridgehead atoms. The Morgan fingerprint density at radius 1 is 1.08 bits per heavy atom. The third-order valence-corrected chi connectivity index (χ3v) is 4.19. The highest BCUT2D eigenvalue weighted by atomic mass is 16.5. The molecule has 1 fully saturated rings. The lowest BCUT2D eigenvalue weighted by Gasteiger charge is -2.23. The number of ether oxygens (including phenoxy) is 1.